The number of amides is 2. The lowest BCUT2D eigenvalue weighted by Crippen LogP contribution is -2.23. The van der Waals surface area contributed by atoms with Crippen LogP contribution in [0.15, 0.2) is 24.4 Å². The number of alkyl halides is 3. The summed E-state index contributed by atoms with van der Waals surface area (Å²) >= 11 is 1.05. The predicted molar refractivity (Wildman–Crippen MR) is 92.1 cm³/mol. The minimum Gasteiger partial charge on any atom is -0.345 e. The number of carbonyl (C=O) groups excluding carboxylic acids is 2. The second-order valence-corrected chi connectivity index (χ2v) is 6.86. The normalized spacial score (nSPS) is 12.6. The summed E-state index contributed by atoms with van der Waals surface area (Å²) in [6, 6.07) is 2.36. The van der Waals surface area contributed by atoms with Gasteiger partial charge >= 0.3 is 6.18 Å². The molecule has 26 heavy (non-hydrogen) atoms. The van der Waals surface area contributed by atoms with Crippen molar-refractivity contribution in [2.24, 2.45) is 5.73 Å². The molecule has 1 aromatic heterocycles. The third kappa shape index (κ3) is 4.58. The lowest BCUT2D eigenvalue weighted by molar-refractivity contribution is -0.137. The van der Waals surface area contributed by atoms with Crippen LogP contribution in [0.25, 0.3) is 0 Å². The summed E-state index contributed by atoms with van der Waals surface area (Å²) in [4.78, 5) is 29.7. The zero-order valence-corrected chi connectivity index (χ0v) is 15.0. The summed E-state index contributed by atoms with van der Waals surface area (Å²) in [5.74, 6) is -1.24. The van der Waals surface area contributed by atoms with Gasteiger partial charge in [0.2, 0.25) is 0 Å². The van der Waals surface area contributed by atoms with Crippen molar-refractivity contribution in [3.8, 4) is 0 Å². The first-order valence-electron chi connectivity index (χ1n) is 7.45. The van der Waals surface area contributed by atoms with Crippen molar-refractivity contribution in [2.75, 3.05) is 19.4 Å². The van der Waals surface area contributed by atoms with E-state index >= 15 is 0 Å². The fourth-order valence-corrected chi connectivity index (χ4v) is 2.81. The molecule has 0 saturated heterocycles. The van der Waals surface area contributed by atoms with Crippen LogP contribution in [0.5, 0.6) is 0 Å². The average Bonchev–Trinajstić information content (AvgIpc) is 3.03. The van der Waals surface area contributed by atoms with Gasteiger partial charge in [0.05, 0.1) is 17.8 Å². The topological polar surface area (TPSA) is 88.3 Å². The first-order chi connectivity index (χ1) is 12.0. The Labute approximate surface area is 151 Å². The van der Waals surface area contributed by atoms with Crippen molar-refractivity contribution in [2.45, 2.75) is 19.1 Å². The van der Waals surface area contributed by atoms with Gasteiger partial charge in [-0.3, -0.25) is 9.59 Å². The van der Waals surface area contributed by atoms with Gasteiger partial charge in [-0.25, -0.2) is 4.98 Å². The van der Waals surface area contributed by atoms with Gasteiger partial charge in [-0.15, -0.1) is 11.3 Å². The number of benzene rings is 1. The van der Waals surface area contributed by atoms with Gasteiger partial charge < -0.3 is 16.0 Å². The van der Waals surface area contributed by atoms with Crippen molar-refractivity contribution >= 4 is 28.8 Å². The molecule has 0 bridgehead atoms. The van der Waals surface area contributed by atoms with Crippen molar-refractivity contribution in [3.63, 3.8) is 0 Å². The minimum absolute atomic E-state index is 0.134. The van der Waals surface area contributed by atoms with E-state index in [0.29, 0.717) is 5.01 Å². The van der Waals surface area contributed by atoms with Crippen LogP contribution in [0.4, 0.5) is 18.9 Å². The van der Waals surface area contributed by atoms with Crippen LogP contribution >= 0.6 is 11.3 Å². The highest BCUT2D eigenvalue weighted by molar-refractivity contribution is 7.13. The fourth-order valence-electron chi connectivity index (χ4n) is 2.04. The van der Waals surface area contributed by atoms with Crippen molar-refractivity contribution in [3.05, 3.63) is 45.4 Å². The molecule has 6 nitrogen and oxygen atoms in total. The lowest BCUT2D eigenvalue weighted by atomic mass is 10.1. The van der Waals surface area contributed by atoms with E-state index in [2.05, 4.69) is 10.3 Å². The maximum absolute atomic E-state index is 13.1. The monoisotopic (exact) mass is 386 g/mol. The van der Waals surface area contributed by atoms with Crippen LogP contribution in [0, 0.1) is 0 Å². The molecule has 10 heteroatoms. The Morgan fingerprint density at radius 2 is 1.92 bits per heavy atom. The number of thiazole rings is 1. The molecule has 0 aliphatic carbocycles. The Hall–Kier alpha value is -2.46. The molecule has 2 amide bonds. The Balaban J connectivity index is 2.36. The highest BCUT2D eigenvalue weighted by Crippen LogP contribution is 2.32. The van der Waals surface area contributed by atoms with E-state index in [9.17, 15) is 22.8 Å². The van der Waals surface area contributed by atoms with Gasteiger partial charge in [0, 0.05) is 25.3 Å². The number of halogens is 3. The van der Waals surface area contributed by atoms with E-state index in [1.807, 2.05) is 0 Å². The summed E-state index contributed by atoms with van der Waals surface area (Å²) in [6.45, 7) is 1.70. The first kappa shape index (κ1) is 19.9. The SMILES string of the molecule is CC(N)c1ncc(C(=O)Nc2cc(C(=O)N(C)C)cc(C(F)(F)F)c2)s1. The number of hydrogen-bond donors (Lipinski definition) is 2. The van der Waals surface area contributed by atoms with E-state index < -0.39 is 23.6 Å². The number of aromatic nitrogens is 1. The molecule has 0 fully saturated rings. The molecule has 140 valence electrons. The highest BCUT2D eigenvalue weighted by atomic mass is 32.1. The van der Waals surface area contributed by atoms with E-state index in [1.165, 1.54) is 26.4 Å². The number of hydrogen-bond acceptors (Lipinski definition) is 5. The molecule has 0 aliphatic heterocycles. The van der Waals surface area contributed by atoms with Crippen LogP contribution in [-0.4, -0.2) is 35.8 Å². The average molecular weight is 386 g/mol. The van der Waals surface area contributed by atoms with E-state index in [1.54, 1.807) is 6.92 Å². The number of rotatable bonds is 4. The third-order valence-electron chi connectivity index (χ3n) is 3.31. The molecule has 1 atom stereocenters. The molecule has 1 aromatic carbocycles. The second-order valence-electron chi connectivity index (χ2n) is 5.80. The molecule has 0 radical (unpaired) electrons. The molecular weight excluding hydrogens is 369 g/mol. The maximum atomic E-state index is 13.1. The quantitative estimate of drug-likeness (QED) is 0.845. The maximum Gasteiger partial charge on any atom is 0.416 e. The van der Waals surface area contributed by atoms with Crippen molar-refractivity contribution in [1.82, 2.24) is 9.88 Å². The molecule has 1 unspecified atom stereocenters. The van der Waals surface area contributed by atoms with E-state index in [0.717, 1.165) is 28.4 Å². The number of anilines is 1. The molecule has 0 saturated carbocycles. The van der Waals surface area contributed by atoms with Crippen LogP contribution in [-0.2, 0) is 6.18 Å². The molecular formula is C16H17F3N4O2S. The molecule has 0 spiro atoms. The summed E-state index contributed by atoms with van der Waals surface area (Å²) in [7, 11) is 2.85. The number of nitrogens with one attached hydrogen (secondary N) is 1. The first-order valence-corrected chi connectivity index (χ1v) is 8.27. The van der Waals surface area contributed by atoms with Gasteiger partial charge in [0.15, 0.2) is 0 Å². The third-order valence-corrected chi connectivity index (χ3v) is 4.51. The minimum atomic E-state index is -4.66. The summed E-state index contributed by atoms with van der Waals surface area (Å²) < 4.78 is 39.3. The summed E-state index contributed by atoms with van der Waals surface area (Å²) in [6.07, 6.45) is -3.35. The Morgan fingerprint density at radius 3 is 2.42 bits per heavy atom. The second kappa shape index (κ2) is 7.42. The molecule has 0 aliphatic rings. The fraction of sp³-hybridized carbons (Fsp3) is 0.312. The molecule has 2 aromatic rings. The van der Waals surface area contributed by atoms with Crippen LogP contribution in [0.2, 0.25) is 0 Å². The van der Waals surface area contributed by atoms with Gasteiger partial charge in [-0.2, -0.15) is 13.2 Å². The smallest absolute Gasteiger partial charge is 0.345 e. The lowest BCUT2D eigenvalue weighted by Gasteiger charge is -2.15. The van der Waals surface area contributed by atoms with Crippen LogP contribution in [0.3, 0.4) is 0 Å². The van der Waals surface area contributed by atoms with Gasteiger partial charge in [-0.1, -0.05) is 0 Å². The van der Waals surface area contributed by atoms with E-state index in [4.69, 9.17) is 5.73 Å². The predicted octanol–water partition coefficient (Wildman–Crippen LogP) is 3.14. The number of nitrogens with two attached hydrogens (primary N) is 1. The highest BCUT2D eigenvalue weighted by Gasteiger charge is 2.32. The van der Waals surface area contributed by atoms with Crippen LogP contribution in [0.1, 0.15) is 43.6 Å². The van der Waals surface area contributed by atoms with Gasteiger partial charge in [0.25, 0.3) is 11.8 Å². The number of carbonyl (C=O) groups is 2. The van der Waals surface area contributed by atoms with Gasteiger partial charge in [-0.05, 0) is 25.1 Å². The van der Waals surface area contributed by atoms with Crippen molar-refractivity contribution < 1.29 is 22.8 Å². The zero-order chi connectivity index (χ0) is 19.6. The van der Waals surface area contributed by atoms with E-state index in [-0.39, 0.29) is 22.2 Å². The Kier molecular flexibility index (Phi) is 5.67. The Bertz CT molecular complexity index is 831. The molecule has 2 rings (SSSR count). The largest absolute Gasteiger partial charge is 0.416 e. The molecule has 3 N–H and O–H groups in total. The number of nitrogens with zero attached hydrogens (tertiary/aromatic N) is 2. The van der Waals surface area contributed by atoms with Gasteiger partial charge in [0.1, 0.15) is 9.88 Å². The molecule has 1 heterocycles. The summed E-state index contributed by atoms with van der Waals surface area (Å²) in [5, 5.41) is 2.91. The zero-order valence-electron chi connectivity index (χ0n) is 14.2. The van der Waals surface area contributed by atoms with Crippen LogP contribution < -0.4 is 11.1 Å². The Morgan fingerprint density at radius 1 is 1.27 bits per heavy atom. The standard InChI is InChI=1S/C16H17F3N4O2S/c1-8(20)14-21-7-12(26-14)13(24)22-11-5-9(15(25)23(2)3)4-10(6-11)16(17,18)19/h4-8H,20H2,1-3H3,(H,22,24). The summed E-state index contributed by atoms with van der Waals surface area (Å²) in [5.41, 5.74) is 4.34. The van der Waals surface area contributed by atoms with Crippen molar-refractivity contribution in [1.29, 1.82) is 0 Å².